The largest absolute Gasteiger partial charge is 0.468 e. The molecule has 0 saturated carbocycles. The van der Waals surface area contributed by atoms with Crippen molar-refractivity contribution in [3.8, 4) is 0 Å². The van der Waals surface area contributed by atoms with Crippen LogP contribution >= 0.6 is 0 Å². The van der Waals surface area contributed by atoms with E-state index in [2.05, 4.69) is 4.74 Å². The standard InChI is InChI=1S/C14H15F3O3/c1-19-11(9-8-10-6-4-3-5-7-10)12(13(18)20-2)14(15,16)17/h3-9,11-12H,1-2H3/b9-8+. The van der Waals surface area contributed by atoms with Gasteiger partial charge in [0, 0.05) is 7.11 Å². The van der Waals surface area contributed by atoms with Gasteiger partial charge in [-0.2, -0.15) is 13.2 Å². The zero-order valence-electron chi connectivity index (χ0n) is 11.1. The molecule has 0 fully saturated rings. The Bertz CT molecular complexity index is 454. The van der Waals surface area contributed by atoms with Crippen LogP contribution < -0.4 is 0 Å². The van der Waals surface area contributed by atoms with Crippen LogP contribution in [0.5, 0.6) is 0 Å². The molecule has 0 aliphatic rings. The van der Waals surface area contributed by atoms with E-state index in [1.807, 2.05) is 0 Å². The minimum Gasteiger partial charge on any atom is -0.468 e. The highest BCUT2D eigenvalue weighted by molar-refractivity contribution is 5.74. The monoisotopic (exact) mass is 288 g/mol. The number of hydrogen-bond donors (Lipinski definition) is 0. The number of halogens is 3. The Kier molecular flexibility index (Phi) is 5.76. The lowest BCUT2D eigenvalue weighted by molar-refractivity contribution is -0.211. The third kappa shape index (κ3) is 4.38. The molecular formula is C14H15F3O3. The Labute approximate surface area is 115 Å². The zero-order valence-corrected chi connectivity index (χ0v) is 11.1. The molecule has 0 aliphatic carbocycles. The highest BCUT2D eigenvalue weighted by Crippen LogP contribution is 2.32. The average Bonchev–Trinajstić information content (AvgIpc) is 2.42. The molecule has 3 nitrogen and oxygen atoms in total. The maximum absolute atomic E-state index is 12.9. The summed E-state index contributed by atoms with van der Waals surface area (Å²) in [6, 6.07) is 8.75. The lowest BCUT2D eigenvalue weighted by atomic mass is 10.0. The summed E-state index contributed by atoms with van der Waals surface area (Å²) in [5.41, 5.74) is 0.709. The van der Waals surface area contributed by atoms with Crippen molar-refractivity contribution in [2.45, 2.75) is 12.3 Å². The number of carbonyl (C=O) groups excluding carboxylic acids is 1. The van der Waals surface area contributed by atoms with Gasteiger partial charge in [0.1, 0.15) is 0 Å². The average molecular weight is 288 g/mol. The van der Waals surface area contributed by atoms with Crippen molar-refractivity contribution in [2.75, 3.05) is 14.2 Å². The molecule has 6 heteroatoms. The first-order chi connectivity index (χ1) is 9.40. The molecule has 1 rings (SSSR count). The Hall–Kier alpha value is -1.82. The normalized spacial score (nSPS) is 15.1. The number of alkyl halides is 3. The molecule has 0 saturated heterocycles. The van der Waals surface area contributed by atoms with E-state index in [0.717, 1.165) is 14.2 Å². The number of rotatable bonds is 5. The van der Waals surface area contributed by atoms with Crippen molar-refractivity contribution in [3.05, 3.63) is 42.0 Å². The summed E-state index contributed by atoms with van der Waals surface area (Å²) < 4.78 is 47.7. The first kappa shape index (κ1) is 16.2. The first-order valence-corrected chi connectivity index (χ1v) is 5.80. The predicted molar refractivity (Wildman–Crippen MR) is 67.8 cm³/mol. The quantitative estimate of drug-likeness (QED) is 0.781. The fourth-order valence-electron chi connectivity index (χ4n) is 1.68. The van der Waals surface area contributed by atoms with Crippen molar-refractivity contribution in [3.63, 3.8) is 0 Å². The molecule has 0 bridgehead atoms. The van der Waals surface area contributed by atoms with E-state index >= 15 is 0 Å². The number of esters is 1. The molecule has 110 valence electrons. The van der Waals surface area contributed by atoms with Crippen molar-refractivity contribution in [1.29, 1.82) is 0 Å². The van der Waals surface area contributed by atoms with Gasteiger partial charge in [-0.25, -0.2) is 0 Å². The molecule has 0 radical (unpaired) electrons. The van der Waals surface area contributed by atoms with Crippen molar-refractivity contribution >= 4 is 12.0 Å². The molecule has 2 atom stereocenters. The number of hydrogen-bond acceptors (Lipinski definition) is 3. The van der Waals surface area contributed by atoms with Gasteiger partial charge in [-0.15, -0.1) is 0 Å². The highest BCUT2D eigenvalue weighted by Gasteiger charge is 2.50. The molecule has 0 N–H and O–H groups in total. The SMILES string of the molecule is COC(=O)C(C(/C=C/c1ccccc1)OC)C(F)(F)F. The van der Waals surface area contributed by atoms with Gasteiger partial charge in [-0.3, -0.25) is 4.79 Å². The molecule has 0 aromatic heterocycles. The Morgan fingerprint density at radius 3 is 2.25 bits per heavy atom. The van der Waals surface area contributed by atoms with Gasteiger partial charge in [0.05, 0.1) is 13.2 Å². The van der Waals surface area contributed by atoms with E-state index < -0.39 is 24.2 Å². The third-order valence-electron chi connectivity index (χ3n) is 2.69. The number of benzene rings is 1. The molecule has 2 unspecified atom stereocenters. The van der Waals surface area contributed by atoms with Gasteiger partial charge < -0.3 is 9.47 Å². The second-order valence-electron chi connectivity index (χ2n) is 4.01. The van der Waals surface area contributed by atoms with E-state index in [1.165, 1.54) is 12.2 Å². The van der Waals surface area contributed by atoms with Gasteiger partial charge in [0.25, 0.3) is 0 Å². The minimum atomic E-state index is -4.74. The second-order valence-corrected chi connectivity index (χ2v) is 4.01. The molecule has 1 aromatic carbocycles. The fourth-order valence-corrected chi connectivity index (χ4v) is 1.68. The summed E-state index contributed by atoms with van der Waals surface area (Å²) in [4.78, 5) is 11.3. The summed E-state index contributed by atoms with van der Waals surface area (Å²) in [6.07, 6.45) is -3.52. The lowest BCUT2D eigenvalue weighted by Gasteiger charge is -2.23. The Morgan fingerprint density at radius 1 is 1.20 bits per heavy atom. The summed E-state index contributed by atoms with van der Waals surface area (Å²) in [7, 11) is 2.02. The molecule has 0 heterocycles. The molecule has 1 aromatic rings. The van der Waals surface area contributed by atoms with E-state index in [1.54, 1.807) is 30.3 Å². The zero-order chi connectivity index (χ0) is 15.2. The maximum atomic E-state index is 12.9. The van der Waals surface area contributed by atoms with Crippen LogP contribution in [-0.4, -0.2) is 32.5 Å². The van der Waals surface area contributed by atoms with Crippen molar-refractivity contribution in [2.24, 2.45) is 5.92 Å². The van der Waals surface area contributed by atoms with E-state index in [-0.39, 0.29) is 0 Å². The van der Waals surface area contributed by atoms with Gasteiger partial charge in [0.2, 0.25) is 0 Å². The number of carbonyl (C=O) groups is 1. The van der Waals surface area contributed by atoms with Crippen LogP contribution in [0, 0.1) is 5.92 Å². The molecular weight excluding hydrogens is 273 g/mol. The van der Waals surface area contributed by atoms with Crippen LogP contribution in [-0.2, 0) is 14.3 Å². The fraction of sp³-hybridized carbons (Fsp3) is 0.357. The van der Waals surface area contributed by atoms with Crippen LogP contribution in [0.4, 0.5) is 13.2 Å². The summed E-state index contributed by atoms with van der Waals surface area (Å²) in [6.45, 7) is 0. The predicted octanol–water partition coefficient (Wildman–Crippen LogP) is 3.07. The van der Waals surface area contributed by atoms with E-state index in [0.29, 0.717) is 5.56 Å². The molecule has 20 heavy (non-hydrogen) atoms. The summed E-state index contributed by atoms with van der Waals surface area (Å²) in [5, 5.41) is 0. The summed E-state index contributed by atoms with van der Waals surface area (Å²) >= 11 is 0. The van der Waals surface area contributed by atoms with Crippen LogP contribution in [0.3, 0.4) is 0 Å². The first-order valence-electron chi connectivity index (χ1n) is 5.80. The van der Waals surface area contributed by atoms with Gasteiger partial charge in [-0.1, -0.05) is 42.5 Å². The lowest BCUT2D eigenvalue weighted by Crippen LogP contribution is -2.41. The van der Waals surface area contributed by atoms with Gasteiger partial charge in [0.15, 0.2) is 5.92 Å². The second kappa shape index (κ2) is 7.09. The van der Waals surface area contributed by atoms with Crippen LogP contribution in [0.2, 0.25) is 0 Å². The highest BCUT2D eigenvalue weighted by atomic mass is 19.4. The van der Waals surface area contributed by atoms with Crippen LogP contribution in [0.25, 0.3) is 6.08 Å². The Morgan fingerprint density at radius 2 is 1.80 bits per heavy atom. The topological polar surface area (TPSA) is 35.5 Å². The molecule has 0 amide bonds. The van der Waals surface area contributed by atoms with Crippen molar-refractivity contribution < 1.29 is 27.4 Å². The van der Waals surface area contributed by atoms with E-state index in [9.17, 15) is 18.0 Å². The van der Waals surface area contributed by atoms with Crippen LogP contribution in [0.1, 0.15) is 5.56 Å². The number of methoxy groups -OCH3 is 2. The maximum Gasteiger partial charge on any atom is 0.405 e. The van der Waals surface area contributed by atoms with Crippen LogP contribution in [0.15, 0.2) is 36.4 Å². The third-order valence-corrected chi connectivity index (χ3v) is 2.69. The van der Waals surface area contributed by atoms with E-state index in [4.69, 9.17) is 4.74 Å². The molecule has 0 spiro atoms. The minimum absolute atomic E-state index is 0.709. The smallest absolute Gasteiger partial charge is 0.405 e. The van der Waals surface area contributed by atoms with Gasteiger partial charge in [-0.05, 0) is 5.56 Å². The molecule has 0 aliphatic heterocycles. The number of ether oxygens (including phenoxy) is 2. The summed E-state index contributed by atoms with van der Waals surface area (Å²) in [5.74, 6) is -3.72. The Balaban J connectivity index is 2.97. The van der Waals surface area contributed by atoms with Gasteiger partial charge >= 0.3 is 12.1 Å². The van der Waals surface area contributed by atoms with Crippen molar-refractivity contribution in [1.82, 2.24) is 0 Å².